The van der Waals surface area contributed by atoms with E-state index in [0.717, 1.165) is 29.9 Å². The Labute approximate surface area is 223 Å². The third-order valence-corrected chi connectivity index (χ3v) is 9.40. The summed E-state index contributed by atoms with van der Waals surface area (Å²) in [6, 6.07) is 9.97. The Balaban J connectivity index is 1.51. The first-order valence-corrected chi connectivity index (χ1v) is 14.3. The molecule has 0 aliphatic carbocycles. The molecule has 1 fully saturated rings. The Morgan fingerprint density at radius 2 is 1.63 bits per heavy atom. The SMILES string of the molecule is Cc1cnc(Nc2cc(F)c(N3CCN(C)CC3)c(F)c2)nc1Cc1cccc(CS(=O)(=O)C(C)(C)C)c1. The van der Waals surface area contributed by atoms with Crippen molar-refractivity contribution in [1.82, 2.24) is 14.9 Å². The van der Waals surface area contributed by atoms with Crippen molar-refractivity contribution in [1.29, 1.82) is 0 Å². The minimum atomic E-state index is -3.31. The smallest absolute Gasteiger partial charge is 0.227 e. The molecule has 2 heterocycles. The van der Waals surface area contributed by atoms with Crippen LogP contribution >= 0.6 is 0 Å². The average molecular weight is 544 g/mol. The lowest BCUT2D eigenvalue weighted by molar-refractivity contribution is 0.310. The van der Waals surface area contributed by atoms with E-state index in [9.17, 15) is 17.2 Å². The van der Waals surface area contributed by atoms with Crippen LogP contribution < -0.4 is 10.2 Å². The fraction of sp³-hybridized carbons (Fsp3) is 0.429. The van der Waals surface area contributed by atoms with E-state index < -0.39 is 26.2 Å². The quantitative estimate of drug-likeness (QED) is 0.456. The van der Waals surface area contributed by atoms with Gasteiger partial charge in [0.05, 0.1) is 16.2 Å². The largest absolute Gasteiger partial charge is 0.364 e. The zero-order valence-corrected chi connectivity index (χ0v) is 23.4. The van der Waals surface area contributed by atoms with Gasteiger partial charge in [0.15, 0.2) is 21.5 Å². The maximum atomic E-state index is 14.9. The average Bonchev–Trinajstić information content (AvgIpc) is 2.81. The van der Waals surface area contributed by atoms with E-state index in [0.29, 0.717) is 25.1 Å². The van der Waals surface area contributed by atoms with Crippen molar-refractivity contribution >= 4 is 27.2 Å². The van der Waals surface area contributed by atoms with Crippen LogP contribution in [0.5, 0.6) is 0 Å². The molecule has 0 atom stereocenters. The summed E-state index contributed by atoms with van der Waals surface area (Å²) in [7, 11) is -1.32. The van der Waals surface area contributed by atoms with Crippen molar-refractivity contribution in [2.24, 2.45) is 0 Å². The molecular weight excluding hydrogens is 508 g/mol. The lowest BCUT2D eigenvalue weighted by atomic mass is 10.0. The van der Waals surface area contributed by atoms with Gasteiger partial charge in [0.25, 0.3) is 0 Å². The van der Waals surface area contributed by atoms with Crippen LogP contribution in [0.25, 0.3) is 0 Å². The molecule has 0 radical (unpaired) electrons. The van der Waals surface area contributed by atoms with Crippen LogP contribution in [-0.4, -0.2) is 61.3 Å². The van der Waals surface area contributed by atoms with Crippen molar-refractivity contribution < 1.29 is 17.2 Å². The molecule has 0 spiro atoms. The normalized spacial score (nSPS) is 15.1. The third kappa shape index (κ3) is 6.47. The number of rotatable bonds is 7. The van der Waals surface area contributed by atoms with Gasteiger partial charge in [-0.25, -0.2) is 27.2 Å². The van der Waals surface area contributed by atoms with Crippen LogP contribution in [0.2, 0.25) is 0 Å². The number of nitrogens with one attached hydrogen (secondary N) is 1. The molecule has 7 nitrogen and oxygen atoms in total. The number of aromatic nitrogens is 2. The number of halogens is 2. The van der Waals surface area contributed by atoms with Crippen molar-refractivity contribution in [3.63, 3.8) is 0 Å². The highest BCUT2D eigenvalue weighted by Crippen LogP contribution is 2.29. The third-order valence-electron chi connectivity index (χ3n) is 6.82. The first-order chi connectivity index (χ1) is 17.8. The van der Waals surface area contributed by atoms with Crippen LogP contribution in [0.15, 0.2) is 42.6 Å². The fourth-order valence-electron chi connectivity index (χ4n) is 4.27. The van der Waals surface area contributed by atoms with E-state index in [-0.39, 0.29) is 23.1 Å². The van der Waals surface area contributed by atoms with Gasteiger partial charge in [-0.2, -0.15) is 0 Å². The van der Waals surface area contributed by atoms with Gasteiger partial charge in [0.2, 0.25) is 5.95 Å². The van der Waals surface area contributed by atoms with Crippen LogP contribution in [0.3, 0.4) is 0 Å². The van der Waals surface area contributed by atoms with E-state index in [1.807, 2.05) is 38.2 Å². The Hall–Kier alpha value is -3.11. The zero-order valence-electron chi connectivity index (χ0n) is 22.6. The molecule has 4 rings (SSSR count). The summed E-state index contributed by atoms with van der Waals surface area (Å²) in [4.78, 5) is 12.7. The highest BCUT2D eigenvalue weighted by atomic mass is 32.2. The lowest BCUT2D eigenvalue weighted by Crippen LogP contribution is -2.45. The standard InChI is InChI=1S/C28H35F2N5O2S/c1-19-17-31-27(32-22-15-23(29)26(24(30)16-22)35-11-9-34(5)10-12-35)33-25(19)14-20-7-6-8-21(13-20)18-38(36,37)28(2,3)4/h6-8,13,15-17H,9-12,14,18H2,1-5H3,(H,31,32,33). The number of hydrogen-bond acceptors (Lipinski definition) is 7. The van der Waals surface area contributed by atoms with Crippen LogP contribution in [-0.2, 0) is 22.0 Å². The number of piperazine rings is 1. The summed E-state index contributed by atoms with van der Waals surface area (Å²) in [5, 5.41) is 2.93. The molecular formula is C28H35F2N5O2S. The van der Waals surface area contributed by atoms with Gasteiger partial charge in [0, 0.05) is 44.5 Å². The van der Waals surface area contributed by atoms with E-state index in [1.54, 1.807) is 31.9 Å². The Morgan fingerprint density at radius 1 is 1.00 bits per heavy atom. The highest BCUT2D eigenvalue weighted by molar-refractivity contribution is 7.91. The number of benzene rings is 2. The minimum absolute atomic E-state index is 0.0116. The molecule has 0 amide bonds. The molecule has 1 N–H and O–H groups in total. The second-order valence-electron chi connectivity index (χ2n) is 10.9. The Kier molecular flexibility index (Phi) is 8.04. The summed E-state index contributed by atoms with van der Waals surface area (Å²) in [6.45, 7) is 9.59. The number of hydrogen-bond donors (Lipinski definition) is 1. The van der Waals surface area contributed by atoms with Gasteiger partial charge in [-0.1, -0.05) is 24.3 Å². The molecule has 0 unspecified atom stereocenters. The molecule has 1 aromatic heterocycles. The topological polar surface area (TPSA) is 78.4 Å². The highest BCUT2D eigenvalue weighted by Gasteiger charge is 2.29. The summed E-state index contributed by atoms with van der Waals surface area (Å²) in [5.41, 5.74) is 3.42. The number of anilines is 3. The van der Waals surface area contributed by atoms with Gasteiger partial charge in [-0.05, 0) is 63.6 Å². The van der Waals surface area contributed by atoms with E-state index in [4.69, 9.17) is 0 Å². The van der Waals surface area contributed by atoms with Gasteiger partial charge in [-0.15, -0.1) is 0 Å². The number of likely N-dealkylation sites (N-methyl/N-ethyl adjacent to an activating group) is 1. The molecule has 38 heavy (non-hydrogen) atoms. The van der Waals surface area contributed by atoms with Crippen molar-refractivity contribution in [2.75, 3.05) is 43.4 Å². The van der Waals surface area contributed by atoms with E-state index in [2.05, 4.69) is 20.2 Å². The second-order valence-corrected chi connectivity index (χ2v) is 13.6. The van der Waals surface area contributed by atoms with Gasteiger partial charge >= 0.3 is 0 Å². The molecule has 1 aliphatic rings. The monoisotopic (exact) mass is 543 g/mol. The van der Waals surface area contributed by atoms with Crippen molar-refractivity contribution in [3.8, 4) is 0 Å². The van der Waals surface area contributed by atoms with Crippen molar-refractivity contribution in [2.45, 2.75) is 44.6 Å². The van der Waals surface area contributed by atoms with Crippen LogP contribution in [0.4, 0.5) is 26.1 Å². The van der Waals surface area contributed by atoms with Gasteiger partial charge in [-0.3, -0.25) is 0 Å². The molecule has 0 saturated carbocycles. The molecule has 3 aromatic rings. The molecule has 1 aliphatic heterocycles. The Bertz CT molecular complexity index is 1390. The van der Waals surface area contributed by atoms with E-state index in [1.165, 1.54) is 12.1 Å². The second kappa shape index (κ2) is 10.9. The molecule has 2 aromatic carbocycles. The van der Waals surface area contributed by atoms with Gasteiger partial charge in [0.1, 0.15) is 5.69 Å². The molecule has 204 valence electrons. The van der Waals surface area contributed by atoms with Crippen molar-refractivity contribution in [3.05, 3.63) is 76.6 Å². The summed E-state index contributed by atoms with van der Waals surface area (Å²) >= 11 is 0. The molecule has 1 saturated heterocycles. The maximum absolute atomic E-state index is 14.9. The first kappa shape index (κ1) is 27.9. The molecule has 10 heteroatoms. The maximum Gasteiger partial charge on any atom is 0.227 e. The zero-order chi connectivity index (χ0) is 27.7. The lowest BCUT2D eigenvalue weighted by Gasteiger charge is -2.34. The summed E-state index contributed by atoms with van der Waals surface area (Å²) < 4.78 is 54.3. The Morgan fingerprint density at radius 3 is 2.26 bits per heavy atom. The molecule has 0 bridgehead atoms. The minimum Gasteiger partial charge on any atom is -0.364 e. The van der Waals surface area contributed by atoms with Crippen LogP contribution in [0, 0.1) is 18.6 Å². The van der Waals surface area contributed by atoms with Gasteiger partial charge < -0.3 is 15.1 Å². The predicted octanol–water partition coefficient (Wildman–Crippen LogP) is 4.86. The summed E-state index contributed by atoms with van der Waals surface area (Å²) in [6.07, 6.45) is 2.11. The van der Waals surface area contributed by atoms with E-state index >= 15 is 0 Å². The van der Waals surface area contributed by atoms with Crippen LogP contribution in [0.1, 0.15) is 43.2 Å². The summed E-state index contributed by atoms with van der Waals surface area (Å²) in [5.74, 6) is -1.08. The predicted molar refractivity (Wildman–Crippen MR) is 148 cm³/mol. The number of nitrogens with zero attached hydrogens (tertiary/aromatic N) is 4. The fourth-order valence-corrected chi connectivity index (χ4v) is 5.33. The number of aryl methyl sites for hydroxylation is 1. The first-order valence-electron chi connectivity index (χ1n) is 12.6. The number of sulfone groups is 1.